The molecule has 128 valence electrons. The minimum atomic E-state index is 0.453. The molecule has 2 bridgehead atoms. The molecule has 3 aromatic rings. The van der Waals surface area contributed by atoms with Gasteiger partial charge >= 0.3 is 0 Å². The second-order valence-electron chi connectivity index (χ2n) is 8.62. The van der Waals surface area contributed by atoms with E-state index in [-0.39, 0.29) is 0 Å². The zero-order chi connectivity index (χ0) is 17.1. The molecular formula is C26H24. The van der Waals surface area contributed by atoms with Crippen molar-refractivity contribution in [2.45, 2.75) is 43.9 Å². The SMILES string of the molecule is C1=C2CC(C1)C1(CCCc3cc4ccc(-c5ccccc5)cc4cc31)C2. The summed E-state index contributed by atoms with van der Waals surface area (Å²) in [6.45, 7) is 0. The topological polar surface area (TPSA) is 0 Å². The third-order valence-corrected chi connectivity index (χ3v) is 7.30. The Hall–Kier alpha value is -2.34. The second kappa shape index (κ2) is 5.33. The van der Waals surface area contributed by atoms with Gasteiger partial charge in [0, 0.05) is 5.41 Å². The quantitative estimate of drug-likeness (QED) is 0.428. The molecular weight excluding hydrogens is 312 g/mol. The summed E-state index contributed by atoms with van der Waals surface area (Å²) in [5.74, 6) is 0.867. The maximum Gasteiger partial charge on any atom is 0.00274 e. The summed E-state index contributed by atoms with van der Waals surface area (Å²) < 4.78 is 0. The van der Waals surface area contributed by atoms with Crippen molar-refractivity contribution >= 4 is 10.8 Å². The molecule has 0 heteroatoms. The van der Waals surface area contributed by atoms with Gasteiger partial charge in [0.2, 0.25) is 0 Å². The first-order chi connectivity index (χ1) is 12.8. The minimum Gasteiger partial charge on any atom is -0.0850 e. The van der Waals surface area contributed by atoms with E-state index in [0.29, 0.717) is 5.41 Å². The van der Waals surface area contributed by atoms with Crippen LogP contribution in [0.25, 0.3) is 21.9 Å². The van der Waals surface area contributed by atoms with Crippen molar-refractivity contribution in [3.8, 4) is 11.1 Å². The molecule has 2 atom stereocenters. The normalized spacial score (nSPS) is 26.3. The lowest BCUT2D eigenvalue weighted by Gasteiger charge is -2.41. The van der Waals surface area contributed by atoms with Crippen LogP contribution in [0.5, 0.6) is 0 Å². The van der Waals surface area contributed by atoms with E-state index in [1.165, 1.54) is 60.4 Å². The molecule has 1 fully saturated rings. The van der Waals surface area contributed by atoms with E-state index in [4.69, 9.17) is 0 Å². The molecule has 0 heterocycles. The first-order valence-electron chi connectivity index (χ1n) is 10.1. The van der Waals surface area contributed by atoms with E-state index in [1.54, 1.807) is 16.7 Å². The maximum atomic E-state index is 2.57. The summed E-state index contributed by atoms with van der Waals surface area (Å²) >= 11 is 0. The maximum absolute atomic E-state index is 2.57. The van der Waals surface area contributed by atoms with E-state index in [2.05, 4.69) is 66.7 Å². The van der Waals surface area contributed by atoms with Gasteiger partial charge < -0.3 is 0 Å². The Kier molecular flexibility index (Phi) is 3.03. The van der Waals surface area contributed by atoms with Gasteiger partial charge in [0.25, 0.3) is 0 Å². The van der Waals surface area contributed by atoms with Gasteiger partial charge in [0.15, 0.2) is 0 Å². The van der Waals surface area contributed by atoms with Crippen molar-refractivity contribution in [1.29, 1.82) is 0 Å². The zero-order valence-corrected chi connectivity index (χ0v) is 15.2. The van der Waals surface area contributed by atoms with Crippen molar-refractivity contribution in [3.05, 3.63) is 83.4 Å². The number of hydrogen-bond donors (Lipinski definition) is 0. The molecule has 26 heavy (non-hydrogen) atoms. The minimum absolute atomic E-state index is 0.453. The summed E-state index contributed by atoms with van der Waals surface area (Å²) in [7, 11) is 0. The van der Waals surface area contributed by atoms with E-state index >= 15 is 0 Å². The number of rotatable bonds is 1. The smallest absolute Gasteiger partial charge is 0.00274 e. The first-order valence-corrected chi connectivity index (χ1v) is 10.1. The monoisotopic (exact) mass is 336 g/mol. The molecule has 3 aromatic carbocycles. The van der Waals surface area contributed by atoms with Gasteiger partial charge in [-0.3, -0.25) is 0 Å². The van der Waals surface area contributed by atoms with Crippen molar-refractivity contribution in [1.82, 2.24) is 0 Å². The molecule has 0 N–H and O–H groups in total. The number of fused-ring (bicyclic) bond motifs is 6. The number of allylic oxidation sites excluding steroid dienone is 2. The van der Waals surface area contributed by atoms with Crippen molar-refractivity contribution in [2.24, 2.45) is 5.92 Å². The molecule has 3 aliphatic rings. The molecule has 0 saturated heterocycles. The average Bonchev–Trinajstić information content (AvgIpc) is 3.29. The van der Waals surface area contributed by atoms with Gasteiger partial charge in [-0.1, -0.05) is 66.2 Å². The lowest BCUT2D eigenvalue weighted by Crippen LogP contribution is -2.35. The van der Waals surface area contributed by atoms with Gasteiger partial charge in [-0.25, -0.2) is 0 Å². The lowest BCUT2D eigenvalue weighted by atomic mass is 9.62. The second-order valence-corrected chi connectivity index (χ2v) is 8.62. The predicted molar refractivity (Wildman–Crippen MR) is 109 cm³/mol. The lowest BCUT2D eigenvalue weighted by molar-refractivity contribution is 0.270. The Morgan fingerprint density at radius 3 is 2.58 bits per heavy atom. The molecule has 0 amide bonds. The Labute approximate surface area is 155 Å². The zero-order valence-electron chi connectivity index (χ0n) is 15.2. The molecule has 6 rings (SSSR count). The van der Waals surface area contributed by atoms with Crippen LogP contribution in [-0.4, -0.2) is 0 Å². The number of benzene rings is 3. The molecule has 0 nitrogen and oxygen atoms in total. The molecule has 1 spiro atoms. The Balaban J connectivity index is 1.54. The Morgan fingerprint density at radius 1 is 0.846 bits per heavy atom. The number of aryl methyl sites for hydroxylation is 1. The van der Waals surface area contributed by atoms with Crippen molar-refractivity contribution in [2.75, 3.05) is 0 Å². The third-order valence-electron chi connectivity index (χ3n) is 7.30. The van der Waals surface area contributed by atoms with Crippen molar-refractivity contribution in [3.63, 3.8) is 0 Å². The standard InChI is InChI=1S/C26H24/c1-2-5-19(6-3-1)20-9-10-21-14-22-7-4-12-26(25(22)16-23(21)15-20)17-18-8-11-24(26)13-18/h1-3,5-6,8-10,14-16,24H,4,7,11-13,17H2. The van der Waals surface area contributed by atoms with E-state index < -0.39 is 0 Å². The van der Waals surface area contributed by atoms with Gasteiger partial charge in [-0.15, -0.1) is 0 Å². The van der Waals surface area contributed by atoms with Crippen LogP contribution in [-0.2, 0) is 11.8 Å². The molecule has 1 saturated carbocycles. The summed E-state index contributed by atoms with van der Waals surface area (Å²) in [6.07, 6.45) is 10.6. The van der Waals surface area contributed by atoms with Crippen molar-refractivity contribution < 1.29 is 0 Å². The highest BCUT2D eigenvalue weighted by Crippen LogP contribution is 2.59. The van der Waals surface area contributed by atoms with Crippen LogP contribution in [0.4, 0.5) is 0 Å². The summed E-state index contributed by atoms with van der Waals surface area (Å²) in [5, 5.41) is 2.82. The molecule has 3 aliphatic carbocycles. The highest BCUT2D eigenvalue weighted by Gasteiger charge is 2.49. The van der Waals surface area contributed by atoms with Crippen LogP contribution in [0.2, 0.25) is 0 Å². The molecule has 2 unspecified atom stereocenters. The fourth-order valence-electron chi connectivity index (χ4n) is 6.07. The van der Waals surface area contributed by atoms with E-state index in [0.717, 1.165) is 5.92 Å². The van der Waals surface area contributed by atoms with Gasteiger partial charge in [0.1, 0.15) is 0 Å². The van der Waals surface area contributed by atoms with Gasteiger partial charge in [0.05, 0.1) is 0 Å². The largest absolute Gasteiger partial charge is 0.0850 e. The highest BCUT2D eigenvalue weighted by atomic mass is 14.5. The van der Waals surface area contributed by atoms with Crippen LogP contribution in [0.15, 0.2) is 72.3 Å². The predicted octanol–water partition coefficient (Wildman–Crippen LogP) is 6.82. The van der Waals surface area contributed by atoms with Gasteiger partial charge in [-0.05, 0) is 83.5 Å². The van der Waals surface area contributed by atoms with Crippen LogP contribution < -0.4 is 0 Å². The summed E-state index contributed by atoms with van der Waals surface area (Å²) in [5.41, 5.74) is 8.15. The highest BCUT2D eigenvalue weighted by molar-refractivity contribution is 5.89. The van der Waals surface area contributed by atoms with E-state index in [9.17, 15) is 0 Å². The average molecular weight is 336 g/mol. The van der Waals surface area contributed by atoms with Crippen LogP contribution >= 0.6 is 0 Å². The van der Waals surface area contributed by atoms with Crippen LogP contribution in [0.3, 0.4) is 0 Å². The van der Waals surface area contributed by atoms with Gasteiger partial charge in [-0.2, -0.15) is 0 Å². The third kappa shape index (κ3) is 2.02. The fourth-order valence-corrected chi connectivity index (χ4v) is 6.07. The molecule has 0 aliphatic heterocycles. The molecule has 0 radical (unpaired) electrons. The summed E-state index contributed by atoms with van der Waals surface area (Å²) in [4.78, 5) is 0. The van der Waals surface area contributed by atoms with E-state index in [1.807, 2.05) is 0 Å². The Bertz CT molecular complexity index is 1040. The summed E-state index contributed by atoms with van der Waals surface area (Å²) in [6, 6.07) is 22.8. The Morgan fingerprint density at radius 2 is 1.77 bits per heavy atom. The number of hydrogen-bond acceptors (Lipinski definition) is 0. The van der Waals surface area contributed by atoms with Crippen LogP contribution in [0.1, 0.15) is 43.2 Å². The van der Waals surface area contributed by atoms with Crippen LogP contribution in [0, 0.1) is 5.92 Å². The first kappa shape index (κ1) is 14.8. The fraction of sp³-hybridized carbons (Fsp3) is 0.308. The molecule has 0 aromatic heterocycles.